The first-order chi connectivity index (χ1) is 9.58. The molecular formula is C14H14N2O4. The highest BCUT2D eigenvalue weighted by Crippen LogP contribution is 2.23. The van der Waals surface area contributed by atoms with Gasteiger partial charge in [0.15, 0.2) is 0 Å². The fourth-order valence-corrected chi connectivity index (χ4v) is 2.09. The van der Waals surface area contributed by atoms with Crippen LogP contribution in [0.4, 0.5) is 5.69 Å². The zero-order chi connectivity index (χ0) is 14.7. The van der Waals surface area contributed by atoms with Gasteiger partial charge in [-0.05, 0) is 19.1 Å². The molecule has 20 heavy (non-hydrogen) atoms. The Kier molecular flexibility index (Phi) is 3.95. The molecule has 0 aliphatic carbocycles. The number of nitro benzene ring substituents is 1. The van der Waals surface area contributed by atoms with E-state index in [1.807, 2.05) is 6.92 Å². The summed E-state index contributed by atoms with van der Waals surface area (Å²) in [6, 6.07) is 9.36. The standard InChI is InChI=1S/C14H14N2O4/c1-2-15-13(7-6-11(9-17)14(15)18)10-4-3-5-12(8-10)16(19)20/h3-8,17H,2,9H2,1H3. The zero-order valence-corrected chi connectivity index (χ0v) is 10.9. The fourth-order valence-electron chi connectivity index (χ4n) is 2.09. The number of aliphatic hydroxyl groups excluding tert-OH is 1. The summed E-state index contributed by atoms with van der Waals surface area (Å²) < 4.78 is 1.49. The summed E-state index contributed by atoms with van der Waals surface area (Å²) in [5, 5.41) is 19.9. The third kappa shape index (κ3) is 2.46. The predicted octanol–water partition coefficient (Wildman–Crippen LogP) is 1.94. The molecule has 2 aromatic rings. The highest BCUT2D eigenvalue weighted by Gasteiger charge is 2.12. The van der Waals surface area contributed by atoms with Crippen LogP contribution in [0.15, 0.2) is 41.2 Å². The molecule has 6 nitrogen and oxygen atoms in total. The Morgan fingerprint density at radius 3 is 2.65 bits per heavy atom. The molecule has 0 unspecified atom stereocenters. The molecule has 0 saturated heterocycles. The highest BCUT2D eigenvalue weighted by molar-refractivity contribution is 5.63. The van der Waals surface area contributed by atoms with Crippen LogP contribution >= 0.6 is 0 Å². The van der Waals surface area contributed by atoms with Crippen molar-refractivity contribution in [3.63, 3.8) is 0 Å². The molecule has 0 aliphatic rings. The van der Waals surface area contributed by atoms with Crippen molar-refractivity contribution in [2.75, 3.05) is 0 Å². The molecule has 0 atom stereocenters. The van der Waals surface area contributed by atoms with Gasteiger partial charge in [0.2, 0.25) is 0 Å². The number of pyridine rings is 1. The number of non-ortho nitro benzene ring substituents is 1. The maximum Gasteiger partial charge on any atom is 0.270 e. The van der Waals surface area contributed by atoms with Crippen molar-refractivity contribution >= 4 is 5.69 Å². The van der Waals surface area contributed by atoms with Gasteiger partial charge in [0.25, 0.3) is 11.2 Å². The molecule has 6 heteroatoms. The van der Waals surface area contributed by atoms with Crippen LogP contribution in [-0.4, -0.2) is 14.6 Å². The van der Waals surface area contributed by atoms with Gasteiger partial charge in [-0.1, -0.05) is 12.1 Å². The summed E-state index contributed by atoms with van der Waals surface area (Å²) in [6.45, 7) is 1.90. The van der Waals surface area contributed by atoms with Gasteiger partial charge in [-0.25, -0.2) is 0 Å². The molecule has 104 valence electrons. The van der Waals surface area contributed by atoms with Gasteiger partial charge in [0.1, 0.15) is 0 Å². The molecule has 0 radical (unpaired) electrons. The molecule has 1 N–H and O–H groups in total. The Hall–Kier alpha value is -2.47. The molecule has 0 spiro atoms. The van der Waals surface area contributed by atoms with Crippen molar-refractivity contribution in [2.24, 2.45) is 0 Å². The summed E-state index contributed by atoms with van der Waals surface area (Å²) in [6.07, 6.45) is 0. The van der Waals surface area contributed by atoms with E-state index >= 15 is 0 Å². The van der Waals surface area contributed by atoms with Crippen LogP contribution in [0.3, 0.4) is 0 Å². The summed E-state index contributed by atoms with van der Waals surface area (Å²) >= 11 is 0. The molecule has 1 aromatic heterocycles. The third-order valence-electron chi connectivity index (χ3n) is 3.09. The Balaban J connectivity index is 2.64. The van der Waals surface area contributed by atoms with Gasteiger partial charge in [-0.2, -0.15) is 0 Å². The molecule has 2 rings (SSSR count). The van der Waals surface area contributed by atoms with E-state index in [9.17, 15) is 14.9 Å². The van der Waals surface area contributed by atoms with E-state index in [4.69, 9.17) is 5.11 Å². The molecule has 0 bridgehead atoms. The number of hydrogen-bond acceptors (Lipinski definition) is 4. The smallest absolute Gasteiger partial charge is 0.270 e. The number of aromatic nitrogens is 1. The van der Waals surface area contributed by atoms with E-state index in [0.717, 1.165) is 0 Å². The van der Waals surface area contributed by atoms with E-state index in [-0.39, 0.29) is 17.9 Å². The number of benzene rings is 1. The molecular weight excluding hydrogens is 260 g/mol. The summed E-state index contributed by atoms with van der Waals surface area (Å²) in [5.41, 5.74) is 1.20. The Morgan fingerprint density at radius 1 is 1.30 bits per heavy atom. The van der Waals surface area contributed by atoms with E-state index in [2.05, 4.69) is 0 Å². The second kappa shape index (κ2) is 5.66. The SMILES string of the molecule is CCn1c(-c2cccc([N+](=O)[O-])c2)ccc(CO)c1=O. The largest absolute Gasteiger partial charge is 0.391 e. The highest BCUT2D eigenvalue weighted by atomic mass is 16.6. The second-order valence-corrected chi connectivity index (χ2v) is 4.26. The summed E-state index contributed by atoms with van der Waals surface area (Å²) in [5.74, 6) is 0. The Labute approximate surface area is 115 Å². The van der Waals surface area contributed by atoms with Crippen molar-refractivity contribution in [3.05, 3.63) is 62.4 Å². The minimum Gasteiger partial charge on any atom is -0.391 e. The normalized spacial score (nSPS) is 10.5. The number of nitrogens with zero attached hydrogens (tertiary/aromatic N) is 2. The lowest BCUT2D eigenvalue weighted by molar-refractivity contribution is -0.384. The van der Waals surface area contributed by atoms with Crippen molar-refractivity contribution in [2.45, 2.75) is 20.1 Å². The first-order valence-electron chi connectivity index (χ1n) is 6.17. The minimum absolute atomic E-state index is 0.0242. The van der Waals surface area contributed by atoms with Crippen molar-refractivity contribution in [1.82, 2.24) is 4.57 Å². The van der Waals surface area contributed by atoms with E-state index in [1.165, 1.54) is 16.7 Å². The topological polar surface area (TPSA) is 85.4 Å². The summed E-state index contributed by atoms with van der Waals surface area (Å²) in [7, 11) is 0. The van der Waals surface area contributed by atoms with E-state index < -0.39 is 4.92 Å². The van der Waals surface area contributed by atoms with Crippen molar-refractivity contribution < 1.29 is 10.0 Å². The van der Waals surface area contributed by atoms with E-state index in [0.29, 0.717) is 23.4 Å². The average molecular weight is 274 g/mol. The van der Waals surface area contributed by atoms with Crippen LogP contribution in [0.5, 0.6) is 0 Å². The minimum atomic E-state index is -0.472. The zero-order valence-electron chi connectivity index (χ0n) is 10.9. The quantitative estimate of drug-likeness (QED) is 0.682. The molecule has 0 saturated carbocycles. The van der Waals surface area contributed by atoms with Gasteiger partial charge in [0, 0.05) is 29.8 Å². The predicted molar refractivity (Wildman–Crippen MR) is 74.4 cm³/mol. The van der Waals surface area contributed by atoms with E-state index in [1.54, 1.807) is 24.3 Å². The fraction of sp³-hybridized carbons (Fsp3) is 0.214. The lowest BCUT2D eigenvalue weighted by atomic mass is 10.1. The third-order valence-corrected chi connectivity index (χ3v) is 3.09. The van der Waals surface area contributed by atoms with Crippen LogP contribution in [0.25, 0.3) is 11.3 Å². The van der Waals surface area contributed by atoms with Gasteiger partial charge >= 0.3 is 0 Å². The van der Waals surface area contributed by atoms with Crippen LogP contribution < -0.4 is 5.56 Å². The van der Waals surface area contributed by atoms with Gasteiger partial charge in [-0.15, -0.1) is 0 Å². The molecule has 0 amide bonds. The van der Waals surface area contributed by atoms with Gasteiger partial charge in [0.05, 0.1) is 17.2 Å². The number of rotatable bonds is 4. The molecule has 0 aliphatic heterocycles. The van der Waals surface area contributed by atoms with Crippen LogP contribution in [0, 0.1) is 10.1 Å². The Morgan fingerprint density at radius 2 is 2.05 bits per heavy atom. The second-order valence-electron chi connectivity index (χ2n) is 4.26. The number of hydrogen-bond donors (Lipinski definition) is 1. The monoisotopic (exact) mass is 274 g/mol. The lowest BCUT2D eigenvalue weighted by Gasteiger charge is -2.12. The van der Waals surface area contributed by atoms with Gasteiger partial charge < -0.3 is 9.67 Å². The molecule has 1 aromatic carbocycles. The summed E-state index contributed by atoms with van der Waals surface area (Å²) in [4.78, 5) is 22.5. The average Bonchev–Trinajstić information content (AvgIpc) is 2.47. The Bertz CT molecular complexity index is 707. The van der Waals surface area contributed by atoms with Crippen LogP contribution in [0.2, 0.25) is 0 Å². The van der Waals surface area contributed by atoms with Crippen LogP contribution in [-0.2, 0) is 13.2 Å². The molecule has 1 heterocycles. The van der Waals surface area contributed by atoms with Gasteiger partial charge in [-0.3, -0.25) is 14.9 Å². The van der Waals surface area contributed by atoms with Crippen molar-refractivity contribution in [1.29, 1.82) is 0 Å². The first kappa shape index (κ1) is 14.0. The van der Waals surface area contributed by atoms with Crippen molar-refractivity contribution in [3.8, 4) is 11.3 Å². The maximum atomic E-state index is 12.1. The lowest BCUT2D eigenvalue weighted by Crippen LogP contribution is -2.24. The maximum absolute atomic E-state index is 12.1. The van der Waals surface area contributed by atoms with Crippen LogP contribution in [0.1, 0.15) is 12.5 Å². The number of aliphatic hydroxyl groups is 1. The first-order valence-corrected chi connectivity index (χ1v) is 6.17. The molecule has 0 fully saturated rings. The number of nitro groups is 1.